The van der Waals surface area contributed by atoms with Crippen molar-refractivity contribution in [3.05, 3.63) is 78.0 Å². The van der Waals surface area contributed by atoms with Gasteiger partial charge in [0.15, 0.2) is 5.65 Å². The van der Waals surface area contributed by atoms with Gasteiger partial charge >= 0.3 is 149 Å². The minimum Gasteiger partial charge on any atom is -0.366 e. The van der Waals surface area contributed by atoms with E-state index in [9.17, 15) is 4.79 Å². The van der Waals surface area contributed by atoms with Crippen LogP contribution < -0.4 is 20.3 Å². The third-order valence-electron chi connectivity index (χ3n) is 7.52. The van der Waals surface area contributed by atoms with Gasteiger partial charge in [0.25, 0.3) is 0 Å². The number of likely N-dealkylation sites (tertiary alicyclic amines) is 1. The Kier molecular flexibility index (Phi) is 9.64. The second-order valence-corrected chi connectivity index (χ2v) is 22.8. The molecule has 0 aliphatic carbocycles. The van der Waals surface area contributed by atoms with Crippen LogP contribution in [0.4, 0.5) is 17.3 Å². The molecule has 2 aliphatic rings. The van der Waals surface area contributed by atoms with Crippen LogP contribution in [0.3, 0.4) is 0 Å². The molecular formula is C31H38AsN7OS2. The van der Waals surface area contributed by atoms with Crippen molar-refractivity contribution in [3.8, 4) is 0 Å². The largest absolute Gasteiger partial charge is 0.366 e. The van der Waals surface area contributed by atoms with Crippen molar-refractivity contribution in [1.29, 1.82) is 0 Å². The zero-order valence-corrected chi connectivity index (χ0v) is 27.6. The first-order valence-electron chi connectivity index (χ1n) is 14.6. The number of carbonyl (C=O) groups excluding carboxylic acids is 1. The molecule has 4 heterocycles. The quantitative estimate of drug-likeness (QED) is 0.201. The summed E-state index contributed by atoms with van der Waals surface area (Å²) in [5.74, 6) is 4.64. The van der Waals surface area contributed by atoms with E-state index in [1.165, 1.54) is 21.4 Å². The summed E-state index contributed by atoms with van der Waals surface area (Å²) >= 11 is -0.985. The molecule has 1 amide bonds. The molecule has 2 fully saturated rings. The summed E-state index contributed by atoms with van der Waals surface area (Å²) in [6, 6.07) is 21.2. The van der Waals surface area contributed by atoms with E-state index in [2.05, 4.69) is 103 Å². The summed E-state index contributed by atoms with van der Waals surface area (Å²) in [5, 5.41) is 15.1. The van der Waals surface area contributed by atoms with Gasteiger partial charge in [0.2, 0.25) is 0 Å². The number of aromatic nitrogens is 3. The van der Waals surface area contributed by atoms with Crippen LogP contribution in [-0.4, -0.2) is 74.9 Å². The van der Waals surface area contributed by atoms with Crippen LogP contribution in [-0.2, 0) is 11.3 Å². The van der Waals surface area contributed by atoms with E-state index in [0.717, 1.165) is 54.5 Å². The maximum Gasteiger partial charge on any atom is 0.163 e. The molecule has 6 rings (SSSR count). The number of anilines is 3. The van der Waals surface area contributed by atoms with Crippen molar-refractivity contribution in [1.82, 2.24) is 19.5 Å². The molecule has 0 bridgehead atoms. The molecular weight excluding hydrogens is 625 g/mol. The molecule has 2 aliphatic heterocycles. The van der Waals surface area contributed by atoms with E-state index < -0.39 is 12.3 Å². The fraction of sp³-hybridized carbons (Fsp3) is 0.387. The smallest absolute Gasteiger partial charge is 0.163 e. The number of hydrogen-bond donors (Lipinski definition) is 3. The van der Waals surface area contributed by atoms with E-state index >= 15 is 0 Å². The number of piperidine rings is 1. The number of benzene rings is 2. The number of fused-ring (bicyclic) bond motifs is 1. The Morgan fingerprint density at radius 1 is 1.10 bits per heavy atom. The second-order valence-electron chi connectivity index (χ2n) is 11.1. The Hall–Kier alpha value is -2.65. The van der Waals surface area contributed by atoms with Crippen molar-refractivity contribution in [3.63, 3.8) is 0 Å². The average molecular weight is 664 g/mol. The van der Waals surface area contributed by atoms with Crippen molar-refractivity contribution in [2.75, 3.05) is 47.1 Å². The second kappa shape index (κ2) is 13.8. The summed E-state index contributed by atoms with van der Waals surface area (Å²) in [7, 11) is 4.28. The third kappa shape index (κ3) is 7.28. The van der Waals surface area contributed by atoms with Gasteiger partial charge < -0.3 is 5.32 Å². The van der Waals surface area contributed by atoms with Gasteiger partial charge in [-0.3, -0.25) is 0 Å². The molecule has 2 aromatic carbocycles. The van der Waals surface area contributed by atoms with Crippen molar-refractivity contribution in [2.24, 2.45) is 0 Å². The molecule has 0 saturated carbocycles. The van der Waals surface area contributed by atoms with Gasteiger partial charge in [0, 0.05) is 18.2 Å². The van der Waals surface area contributed by atoms with Crippen LogP contribution in [0.5, 0.6) is 0 Å². The van der Waals surface area contributed by atoms with Gasteiger partial charge in [-0.05, 0) is 11.5 Å². The van der Waals surface area contributed by atoms with E-state index in [-0.39, 0.29) is 11.9 Å². The van der Waals surface area contributed by atoms with E-state index in [1.54, 1.807) is 0 Å². The van der Waals surface area contributed by atoms with Gasteiger partial charge in [-0.25, -0.2) is 4.98 Å². The first-order chi connectivity index (χ1) is 20.5. The van der Waals surface area contributed by atoms with E-state index in [1.807, 2.05) is 22.8 Å². The van der Waals surface area contributed by atoms with Crippen LogP contribution in [0.1, 0.15) is 43.7 Å². The maximum absolute atomic E-state index is 13.0. The predicted octanol–water partition coefficient (Wildman–Crippen LogP) is 5.16. The number of nitrogens with zero attached hydrogens (tertiary/aromatic N) is 4. The zero-order chi connectivity index (χ0) is 28.9. The van der Waals surface area contributed by atoms with Crippen LogP contribution in [0.25, 0.3) is 5.65 Å². The number of amides is 1. The van der Waals surface area contributed by atoms with E-state index in [0.29, 0.717) is 19.0 Å². The molecule has 3 N–H and O–H groups in total. The Morgan fingerprint density at radius 2 is 1.88 bits per heavy atom. The normalized spacial score (nSPS) is 18.0. The average Bonchev–Trinajstić information content (AvgIpc) is 3.68. The maximum atomic E-state index is 13.0. The van der Waals surface area contributed by atoms with Gasteiger partial charge in [-0.1, -0.05) is 44.2 Å². The van der Waals surface area contributed by atoms with Crippen molar-refractivity contribution >= 4 is 65.6 Å². The molecule has 2 saturated heterocycles. The Morgan fingerprint density at radius 3 is 2.64 bits per heavy atom. The standard InChI is InChI=1S/C31H38AsN7OS2/c1-22(2)27-19-34-39-29(17-28(37-31(27)39)33-18-23-7-4-3-5-8-23)35-26-9-6-14-38(20-26)21-30(40)36-25-12-10-24(11-13-25)32-41-15-16-42-32/h3-5,7-8,10-13,17,19,22,26,35H,6,9,14-16,18,20-21H2,1-2H3,(H,33,37)(H,36,40)/t26-/m1/s1. The number of carbonyl (C=O) groups is 1. The number of nitrogens with one attached hydrogen (secondary N) is 3. The first kappa shape index (κ1) is 29.4. The summed E-state index contributed by atoms with van der Waals surface area (Å²) in [4.78, 5) is 20.1. The van der Waals surface area contributed by atoms with Crippen LogP contribution in [0.15, 0.2) is 66.9 Å². The third-order valence-corrected chi connectivity index (χ3v) is 21.3. The van der Waals surface area contributed by atoms with Crippen LogP contribution in [0, 0.1) is 0 Å². The SMILES string of the molecule is CC(C)c1cnn2c(N[C@@H]3CCCN(CC(=O)Nc4ccc([As]5SCCS5)cc4)C3)cc(NCc3ccccc3)nc12. The molecule has 1 atom stereocenters. The minimum atomic E-state index is -0.985. The van der Waals surface area contributed by atoms with Gasteiger partial charge in [-0.15, -0.1) is 0 Å². The number of hydrogen-bond acceptors (Lipinski definition) is 8. The van der Waals surface area contributed by atoms with Gasteiger partial charge in [0.1, 0.15) is 5.82 Å². The van der Waals surface area contributed by atoms with Gasteiger partial charge in [-0.2, -0.15) is 9.61 Å². The Balaban J connectivity index is 1.10. The predicted molar refractivity (Wildman–Crippen MR) is 179 cm³/mol. The fourth-order valence-electron chi connectivity index (χ4n) is 5.39. The summed E-state index contributed by atoms with van der Waals surface area (Å²) in [6.45, 7) is 7.14. The van der Waals surface area contributed by atoms with Crippen LogP contribution in [0.2, 0.25) is 0 Å². The first-order valence-corrected chi connectivity index (χ1v) is 22.0. The molecule has 0 unspecified atom stereocenters. The molecule has 0 spiro atoms. The number of rotatable bonds is 10. The fourth-order valence-corrected chi connectivity index (χ4v) is 19.5. The monoisotopic (exact) mass is 663 g/mol. The van der Waals surface area contributed by atoms with Crippen LogP contribution >= 0.6 is 20.0 Å². The molecule has 8 nitrogen and oxygen atoms in total. The summed E-state index contributed by atoms with van der Waals surface area (Å²) in [6.07, 6.45) is 4.00. The Labute approximate surface area is 259 Å². The molecule has 220 valence electrons. The molecule has 11 heteroatoms. The molecule has 42 heavy (non-hydrogen) atoms. The minimum absolute atomic E-state index is 0.0400. The Bertz CT molecular complexity index is 1490. The summed E-state index contributed by atoms with van der Waals surface area (Å²) in [5.41, 5.74) is 4.08. The molecule has 2 aromatic heterocycles. The van der Waals surface area contributed by atoms with Crippen molar-refractivity contribution < 1.29 is 4.79 Å². The van der Waals surface area contributed by atoms with Gasteiger partial charge in [0.05, 0.1) is 6.20 Å². The molecule has 0 radical (unpaired) electrons. The zero-order valence-electron chi connectivity index (χ0n) is 24.1. The summed E-state index contributed by atoms with van der Waals surface area (Å²) < 4.78 is 3.39. The van der Waals surface area contributed by atoms with Crippen molar-refractivity contribution in [2.45, 2.75) is 45.2 Å². The molecule has 4 aromatic rings. The van der Waals surface area contributed by atoms with E-state index in [4.69, 9.17) is 10.1 Å². The topological polar surface area (TPSA) is 86.6 Å².